The summed E-state index contributed by atoms with van der Waals surface area (Å²) in [5.74, 6) is -0.685. The van der Waals surface area contributed by atoms with Crippen LogP contribution in [0.4, 0.5) is 5.69 Å². The molecule has 2 amide bonds. The Labute approximate surface area is 224 Å². The molecule has 10 heteroatoms. The average Bonchev–Trinajstić information content (AvgIpc) is 2.80. The number of carbonyl (C=O) groups excluding carboxylic acids is 2. The summed E-state index contributed by atoms with van der Waals surface area (Å²) < 4.78 is 27.9. The van der Waals surface area contributed by atoms with Crippen LogP contribution in [0.15, 0.2) is 57.5 Å². The number of anilines is 1. The Balaban J connectivity index is 1.87. The van der Waals surface area contributed by atoms with Crippen LogP contribution in [0.2, 0.25) is 0 Å². The number of halogens is 2. The third-order valence-corrected chi connectivity index (χ3v) is 8.26. The fraction of sp³-hybridized carbons (Fsp3) is 0.440. The molecule has 0 heterocycles. The fourth-order valence-corrected chi connectivity index (χ4v) is 5.90. The minimum atomic E-state index is -3.75. The second-order valence-electron chi connectivity index (χ2n) is 8.92. The van der Waals surface area contributed by atoms with Gasteiger partial charge in [-0.05, 0) is 55.7 Å². The van der Waals surface area contributed by atoms with Gasteiger partial charge in [0.05, 0.1) is 11.9 Å². The van der Waals surface area contributed by atoms with Crippen LogP contribution in [0.1, 0.15) is 44.6 Å². The Morgan fingerprint density at radius 1 is 1.03 bits per heavy atom. The summed E-state index contributed by atoms with van der Waals surface area (Å²) >= 11 is 6.81. The fourth-order valence-electron chi connectivity index (χ4n) is 4.23. The predicted octanol–water partition coefficient (Wildman–Crippen LogP) is 4.84. The molecule has 7 nitrogen and oxygen atoms in total. The van der Waals surface area contributed by atoms with Crippen LogP contribution in [0, 0.1) is 0 Å². The second-order valence-corrected chi connectivity index (χ2v) is 12.7. The molecule has 1 aliphatic carbocycles. The van der Waals surface area contributed by atoms with Crippen LogP contribution in [0.5, 0.6) is 0 Å². The quantitative estimate of drug-likeness (QED) is 0.430. The van der Waals surface area contributed by atoms with Crippen LogP contribution in [0.25, 0.3) is 0 Å². The van der Waals surface area contributed by atoms with E-state index in [4.69, 9.17) is 0 Å². The Kier molecular flexibility index (Phi) is 9.77. The van der Waals surface area contributed by atoms with Gasteiger partial charge in [-0.1, -0.05) is 69.3 Å². The molecule has 1 atom stereocenters. The van der Waals surface area contributed by atoms with Crippen LogP contribution in [-0.2, 0) is 26.2 Å². The van der Waals surface area contributed by atoms with E-state index in [0.29, 0.717) is 10.2 Å². The number of hydrogen-bond donors (Lipinski definition) is 1. The molecule has 1 fully saturated rings. The van der Waals surface area contributed by atoms with Crippen molar-refractivity contribution in [2.45, 2.75) is 57.7 Å². The maximum absolute atomic E-state index is 13.6. The standard InChI is InChI=1S/C25H31Br2N3O4S/c1-18(25(32)28-22-11-4-3-5-12-22)29(16-19-8-6-9-20(26)14-19)24(31)17-30(35(2,33)34)23-13-7-10-21(27)15-23/h6-10,13-15,18,22H,3-5,11-12,16-17H2,1-2H3,(H,28,32)/t18-/m1/s1. The highest BCUT2D eigenvalue weighted by Crippen LogP contribution is 2.23. The van der Waals surface area contributed by atoms with Gasteiger partial charge in [-0.3, -0.25) is 13.9 Å². The van der Waals surface area contributed by atoms with E-state index in [1.165, 1.54) is 11.3 Å². The monoisotopic (exact) mass is 627 g/mol. The highest BCUT2D eigenvalue weighted by molar-refractivity contribution is 9.10. The molecule has 0 aromatic heterocycles. The van der Waals surface area contributed by atoms with Gasteiger partial charge in [0.1, 0.15) is 12.6 Å². The van der Waals surface area contributed by atoms with Crippen molar-refractivity contribution in [3.8, 4) is 0 Å². The van der Waals surface area contributed by atoms with Crippen molar-refractivity contribution in [2.24, 2.45) is 0 Å². The molecule has 3 rings (SSSR count). The van der Waals surface area contributed by atoms with E-state index >= 15 is 0 Å². The first-order chi connectivity index (χ1) is 16.5. The summed E-state index contributed by atoms with van der Waals surface area (Å²) in [6, 6.07) is 13.6. The first-order valence-corrected chi connectivity index (χ1v) is 15.1. The highest BCUT2D eigenvalue weighted by atomic mass is 79.9. The van der Waals surface area contributed by atoms with Gasteiger partial charge in [-0.2, -0.15) is 0 Å². The molecule has 0 spiro atoms. The summed E-state index contributed by atoms with van der Waals surface area (Å²) in [5, 5.41) is 3.09. The van der Waals surface area contributed by atoms with Crippen LogP contribution in [0.3, 0.4) is 0 Å². The highest BCUT2D eigenvalue weighted by Gasteiger charge is 2.31. The van der Waals surface area contributed by atoms with Gasteiger partial charge in [0.25, 0.3) is 0 Å². The van der Waals surface area contributed by atoms with Crippen molar-refractivity contribution in [3.63, 3.8) is 0 Å². The number of nitrogens with zero attached hydrogens (tertiary/aromatic N) is 2. The Bertz CT molecular complexity index is 1150. The van der Waals surface area contributed by atoms with E-state index in [1.54, 1.807) is 31.2 Å². The van der Waals surface area contributed by atoms with Crippen molar-refractivity contribution in [1.82, 2.24) is 10.2 Å². The smallest absolute Gasteiger partial charge is 0.244 e. The maximum atomic E-state index is 13.6. The van der Waals surface area contributed by atoms with Crippen molar-refractivity contribution >= 4 is 59.4 Å². The van der Waals surface area contributed by atoms with E-state index in [0.717, 1.165) is 46.3 Å². The van der Waals surface area contributed by atoms with E-state index in [2.05, 4.69) is 37.2 Å². The molecular formula is C25H31Br2N3O4S. The van der Waals surface area contributed by atoms with Gasteiger partial charge in [0.15, 0.2) is 0 Å². The van der Waals surface area contributed by atoms with E-state index in [1.807, 2.05) is 24.3 Å². The van der Waals surface area contributed by atoms with E-state index in [-0.39, 0.29) is 18.5 Å². The SMILES string of the molecule is C[C@H](C(=O)NC1CCCCC1)N(Cc1cccc(Br)c1)C(=O)CN(c1cccc(Br)c1)S(C)(=O)=O. The van der Waals surface area contributed by atoms with Gasteiger partial charge in [-0.15, -0.1) is 0 Å². The zero-order valence-electron chi connectivity index (χ0n) is 19.9. The Morgan fingerprint density at radius 3 is 2.26 bits per heavy atom. The minimum Gasteiger partial charge on any atom is -0.352 e. The normalized spacial score (nSPS) is 15.3. The topological polar surface area (TPSA) is 86.8 Å². The van der Waals surface area contributed by atoms with Crippen molar-refractivity contribution in [3.05, 3.63) is 63.0 Å². The first kappa shape index (κ1) is 27.7. The van der Waals surface area contributed by atoms with Crippen LogP contribution >= 0.6 is 31.9 Å². The molecule has 35 heavy (non-hydrogen) atoms. The third kappa shape index (κ3) is 8.05. The van der Waals surface area contributed by atoms with E-state index in [9.17, 15) is 18.0 Å². The molecule has 1 N–H and O–H groups in total. The minimum absolute atomic E-state index is 0.107. The molecule has 0 bridgehead atoms. The Hall–Kier alpha value is -1.91. The number of sulfonamides is 1. The Morgan fingerprint density at radius 2 is 1.66 bits per heavy atom. The molecule has 1 saturated carbocycles. The first-order valence-electron chi connectivity index (χ1n) is 11.6. The molecule has 0 saturated heterocycles. The van der Waals surface area contributed by atoms with Gasteiger partial charge < -0.3 is 10.2 Å². The van der Waals surface area contributed by atoms with Gasteiger partial charge in [-0.25, -0.2) is 8.42 Å². The lowest BCUT2D eigenvalue weighted by molar-refractivity contribution is -0.139. The molecule has 0 radical (unpaired) electrons. The number of benzene rings is 2. The molecule has 1 aliphatic rings. The molecule has 2 aromatic rings. The molecular weight excluding hydrogens is 598 g/mol. The van der Waals surface area contributed by atoms with Gasteiger partial charge in [0, 0.05) is 21.5 Å². The number of hydrogen-bond acceptors (Lipinski definition) is 4. The van der Waals surface area contributed by atoms with Crippen molar-refractivity contribution in [1.29, 1.82) is 0 Å². The van der Waals surface area contributed by atoms with Crippen LogP contribution < -0.4 is 9.62 Å². The molecule has 0 aliphatic heterocycles. The van der Waals surface area contributed by atoms with Crippen molar-refractivity contribution in [2.75, 3.05) is 17.1 Å². The second kappa shape index (κ2) is 12.4. The largest absolute Gasteiger partial charge is 0.352 e. The maximum Gasteiger partial charge on any atom is 0.244 e. The zero-order valence-corrected chi connectivity index (χ0v) is 23.9. The summed E-state index contributed by atoms with van der Waals surface area (Å²) in [4.78, 5) is 28.2. The number of nitrogens with one attached hydrogen (secondary N) is 1. The average molecular weight is 629 g/mol. The predicted molar refractivity (Wildman–Crippen MR) is 146 cm³/mol. The van der Waals surface area contributed by atoms with Gasteiger partial charge >= 0.3 is 0 Å². The van der Waals surface area contributed by atoms with E-state index < -0.39 is 28.5 Å². The third-order valence-electron chi connectivity index (χ3n) is 6.14. The van der Waals surface area contributed by atoms with Gasteiger partial charge in [0.2, 0.25) is 21.8 Å². The van der Waals surface area contributed by atoms with Crippen molar-refractivity contribution < 1.29 is 18.0 Å². The lowest BCUT2D eigenvalue weighted by Gasteiger charge is -2.33. The number of rotatable bonds is 9. The summed E-state index contributed by atoms with van der Waals surface area (Å²) in [6.07, 6.45) is 6.27. The zero-order chi connectivity index (χ0) is 25.6. The molecule has 190 valence electrons. The lowest BCUT2D eigenvalue weighted by Crippen LogP contribution is -2.52. The van der Waals surface area contributed by atoms with Crippen LogP contribution in [-0.4, -0.2) is 50.0 Å². The summed E-state index contributed by atoms with van der Waals surface area (Å²) in [7, 11) is -3.75. The summed E-state index contributed by atoms with van der Waals surface area (Å²) in [5.41, 5.74) is 1.20. The summed E-state index contributed by atoms with van der Waals surface area (Å²) in [6.45, 7) is 1.45. The molecule has 0 unspecified atom stereocenters. The molecule has 2 aromatic carbocycles. The number of amides is 2. The number of carbonyl (C=O) groups is 2. The lowest BCUT2D eigenvalue weighted by atomic mass is 9.95.